The Labute approximate surface area is 109 Å². The van der Waals surface area contributed by atoms with Crippen LogP contribution in [-0.4, -0.2) is 9.97 Å². The van der Waals surface area contributed by atoms with Gasteiger partial charge < -0.3 is 0 Å². The Bertz CT molecular complexity index is 416. The molecule has 0 saturated carbocycles. The molecule has 0 atom stereocenters. The van der Waals surface area contributed by atoms with Gasteiger partial charge >= 0.3 is 0 Å². The van der Waals surface area contributed by atoms with Gasteiger partial charge in [-0.15, -0.1) is 0 Å². The molecule has 5 heteroatoms. The smallest absolute Gasteiger partial charge is 0.260 e. The van der Waals surface area contributed by atoms with E-state index in [1.54, 1.807) is 18.7 Å². The third-order valence-electron chi connectivity index (χ3n) is 1.72. The summed E-state index contributed by atoms with van der Waals surface area (Å²) in [5.41, 5.74) is 1.06. The van der Waals surface area contributed by atoms with E-state index in [1.807, 2.05) is 22.9 Å². The number of pyridine rings is 1. The molecule has 2 heterocycles. The fourth-order valence-electron chi connectivity index (χ4n) is 1.07. The topological polar surface area (TPSA) is 29.7 Å². The van der Waals surface area contributed by atoms with Crippen LogP contribution in [0.4, 0.5) is 0 Å². The number of nitrogens with zero attached hydrogens (tertiary/aromatic N) is 3. The molecule has 0 aliphatic heterocycles. The predicted molar refractivity (Wildman–Crippen MR) is 69.0 cm³/mol. The van der Waals surface area contributed by atoms with Gasteiger partial charge in [0.05, 0.1) is 9.77 Å². The van der Waals surface area contributed by atoms with Gasteiger partial charge in [0.25, 0.3) is 6.33 Å². The lowest BCUT2D eigenvalue weighted by molar-refractivity contribution is -0.613. The Kier molecular flexibility index (Phi) is 3.26. The Balaban J connectivity index is 2.61. The quantitative estimate of drug-likeness (QED) is 0.409. The second-order valence-corrected chi connectivity index (χ2v) is 4.87. The first kappa shape index (κ1) is 10.2. The first-order valence-electron chi connectivity index (χ1n) is 3.90. The van der Waals surface area contributed by atoms with Gasteiger partial charge in [-0.2, -0.15) is 4.57 Å². The van der Waals surface area contributed by atoms with Crippen LogP contribution in [0.5, 0.6) is 0 Å². The largest absolute Gasteiger partial charge is 0.292 e. The molecule has 2 rings (SSSR count). The van der Waals surface area contributed by atoms with E-state index in [4.69, 9.17) is 0 Å². The lowest BCUT2D eigenvalue weighted by Crippen LogP contribution is -2.35. The normalized spacial score (nSPS) is 10.1. The summed E-state index contributed by atoms with van der Waals surface area (Å²) in [6, 6.07) is 3.94. The maximum atomic E-state index is 4.11. The van der Waals surface area contributed by atoms with Crippen molar-refractivity contribution < 1.29 is 4.57 Å². The molecule has 0 unspecified atom stereocenters. The third-order valence-corrected chi connectivity index (χ3v) is 3.51. The van der Waals surface area contributed by atoms with Crippen molar-refractivity contribution in [3.8, 4) is 5.69 Å². The van der Waals surface area contributed by atoms with Crippen LogP contribution in [0.2, 0.25) is 0 Å². The molecule has 0 aliphatic rings. The molecule has 0 aliphatic carbocycles. The van der Waals surface area contributed by atoms with Gasteiger partial charge in [-0.25, -0.2) is 0 Å². The summed E-state index contributed by atoms with van der Waals surface area (Å²) >= 11 is 4.56. The summed E-state index contributed by atoms with van der Waals surface area (Å²) in [5, 5.41) is 0. The molecule has 0 bridgehead atoms. The van der Waals surface area contributed by atoms with Crippen molar-refractivity contribution >= 4 is 45.2 Å². The van der Waals surface area contributed by atoms with Gasteiger partial charge in [0, 0.05) is 34.9 Å². The number of aromatic nitrogens is 3. The van der Waals surface area contributed by atoms with Gasteiger partial charge in [-0.1, -0.05) is 4.98 Å². The van der Waals surface area contributed by atoms with E-state index >= 15 is 0 Å². The highest BCUT2D eigenvalue weighted by molar-refractivity contribution is 14.1. The highest BCUT2D eigenvalue weighted by Crippen LogP contribution is 2.10. The van der Waals surface area contributed by atoms with Crippen LogP contribution in [0.25, 0.3) is 5.69 Å². The van der Waals surface area contributed by atoms with Crippen molar-refractivity contribution in [1.29, 1.82) is 0 Å². The maximum absolute atomic E-state index is 4.11. The van der Waals surface area contributed by atoms with E-state index in [0.29, 0.717) is 0 Å². The molecule has 14 heavy (non-hydrogen) atoms. The lowest BCUT2D eigenvalue weighted by Gasteiger charge is -2.01. The third kappa shape index (κ3) is 2.02. The van der Waals surface area contributed by atoms with E-state index < -0.39 is 0 Å². The average molecular weight is 410 g/mol. The fourth-order valence-corrected chi connectivity index (χ4v) is 2.17. The van der Waals surface area contributed by atoms with Gasteiger partial charge in [-0.3, -0.25) is 4.98 Å². The molecule has 0 N–H and O–H groups in total. The first-order chi connectivity index (χ1) is 6.79. The van der Waals surface area contributed by atoms with Gasteiger partial charge in [0.15, 0.2) is 9.39 Å². The van der Waals surface area contributed by atoms with Crippen LogP contribution in [-0.2, 0) is 0 Å². The van der Waals surface area contributed by atoms with E-state index in [9.17, 15) is 0 Å². The van der Waals surface area contributed by atoms with Crippen LogP contribution in [0.1, 0.15) is 0 Å². The molecular weight excluding hydrogens is 404 g/mol. The SMILES string of the molecule is Ic1ccncc1-[n+]1cnccc1I. The molecule has 3 nitrogen and oxygen atoms in total. The number of hydrogen-bond acceptors (Lipinski definition) is 2. The Morgan fingerprint density at radius 1 is 1.07 bits per heavy atom. The Morgan fingerprint density at radius 3 is 2.57 bits per heavy atom. The van der Waals surface area contributed by atoms with Gasteiger partial charge in [0.2, 0.25) is 0 Å². The monoisotopic (exact) mass is 410 g/mol. The van der Waals surface area contributed by atoms with Crippen molar-refractivity contribution in [3.05, 3.63) is 44.3 Å². The van der Waals surface area contributed by atoms with Crippen LogP contribution in [0.15, 0.2) is 37.1 Å². The van der Waals surface area contributed by atoms with E-state index in [2.05, 4.69) is 55.1 Å². The Morgan fingerprint density at radius 2 is 1.86 bits per heavy atom. The molecule has 2 aromatic rings. The zero-order chi connectivity index (χ0) is 9.97. The van der Waals surface area contributed by atoms with Crippen LogP contribution >= 0.6 is 45.2 Å². The van der Waals surface area contributed by atoms with Crippen LogP contribution in [0.3, 0.4) is 0 Å². The second-order valence-electron chi connectivity index (χ2n) is 2.60. The van der Waals surface area contributed by atoms with Gasteiger partial charge in [-0.05, 0) is 28.7 Å². The fraction of sp³-hybridized carbons (Fsp3) is 0. The Hall–Kier alpha value is -0.310. The first-order valence-corrected chi connectivity index (χ1v) is 6.06. The van der Waals surface area contributed by atoms with Gasteiger partial charge in [0.1, 0.15) is 6.20 Å². The summed E-state index contributed by atoms with van der Waals surface area (Å²) in [4.78, 5) is 8.20. The summed E-state index contributed by atoms with van der Waals surface area (Å²) in [6.07, 6.45) is 7.20. The van der Waals surface area contributed by atoms with Crippen molar-refractivity contribution in [2.75, 3.05) is 0 Å². The molecule has 0 aromatic carbocycles. The summed E-state index contributed by atoms with van der Waals surface area (Å²) in [6.45, 7) is 0. The molecular formula is C9H6I2N3+. The van der Waals surface area contributed by atoms with Crippen molar-refractivity contribution in [2.24, 2.45) is 0 Å². The molecule has 0 radical (unpaired) electrons. The van der Waals surface area contributed by atoms with Crippen molar-refractivity contribution in [2.45, 2.75) is 0 Å². The minimum absolute atomic E-state index is 1.06. The summed E-state index contributed by atoms with van der Waals surface area (Å²) < 4.78 is 4.28. The highest BCUT2D eigenvalue weighted by atomic mass is 127. The summed E-state index contributed by atoms with van der Waals surface area (Å²) in [5.74, 6) is 0. The molecule has 0 amide bonds. The highest BCUT2D eigenvalue weighted by Gasteiger charge is 2.10. The van der Waals surface area contributed by atoms with E-state index in [0.717, 1.165) is 13.0 Å². The van der Waals surface area contributed by atoms with Crippen LogP contribution in [0, 0.1) is 7.27 Å². The minimum Gasteiger partial charge on any atom is -0.260 e. The van der Waals surface area contributed by atoms with Crippen molar-refractivity contribution in [3.63, 3.8) is 0 Å². The zero-order valence-electron chi connectivity index (χ0n) is 7.06. The molecule has 70 valence electrons. The standard InChI is InChI=1S/C9H6I2N3/c10-7-1-3-12-5-8(7)14-6-13-4-2-9(14)11/h1-6H/q+1. The number of hydrogen-bond donors (Lipinski definition) is 0. The summed E-state index contributed by atoms with van der Waals surface area (Å²) in [7, 11) is 0. The van der Waals surface area contributed by atoms with Crippen molar-refractivity contribution in [1.82, 2.24) is 9.97 Å². The molecule has 2 aromatic heterocycles. The zero-order valence-corrected chi connectivity index (χ0v) is 11.4. The number of halogens is 2. The molecule has 0 spiro atoms. The predicted octanol–water partition coefficient (Wildman–Crippen LogP) is 1.96. The van der Waals surface area contributed by atoms with E-state index in [1.165, 1.54) is 0 Å². The molecule has 0 fully saturated rings. The maximum Gasteiger partial charge on any atom is 0.292 e. The second kappa shape index (κ2) is 4.47. The minimum atomic E-state index is 1.06. The average Bonchev–Trinajstić information content (AvgIpc) is 2.20. The van der Waals surface area contributed by atoms with Crippen LogP contribution < -0.4 is 4.57 Å². The molecule has 0 saturated heterocycles. The van der Waals surface area contributed by atoms with E-state index in [-0.39, 0.29) is 0 Å². The lowest BCUT2D eigenvalue weighted by atomic mass is 10.4. The number of rotatable bonds is 1.